The molecule has 34 heavy (non-hydrogen) atoms. The summed E-state index contributed by atoms with van der Waals surface area (Å²) in [6, 6.07) is 7.34. The van der Waals surface area contributed by atoms with Crippen molar-refractivity contribution in [1.29, 1.82) is 0 Å². The van der Waals surface area contributed by atoms with Crippen LogP contribution in [0.5, 0.6) is 11.5 Å². The number of ether oxygens (including phenoxy) is 3. The second kappa shape index (κ2) is 8.85. The van der Waals surface area contributed by atoms with Crippen molar-refractivity contribution in [3.8, 4) is 22.8 Å². The molecular weight excluding hydrogens is 456 g/mol. The molecule has 1 fully saturated rings. The number of anilines is 2. The van der Waals surface area contributed by atoms with Gasteiger partial charge in [0.05, 0.1) is 47.1 Å². The van der Waals surface area contributed by atoms with Gasteiger partial charge in [-0.15, -0.1) is 0 Å². The van der Waals surface area contributed by atoms with Gasteiger partial charge in [-0.3, -0.25) is 9.78 Å². The van der Waals surface area contributed by atoms with Crippen LogP contribution < -0.4 is 20.1 Å². The van der Waals surface area contributed by atoms with Gasteiger partial charge in [0.25, 0.3) is 5.91 Å². The lowest BCUT2D eigenvalue weighted by Crippen LogP contribution is -2.39. The number of halogens is 1. The smallest absolute Gasteiger partial charge is 0.255 e. The lowest BCUT2D eigenvalue weighted by molar-refractivity contribution is 0.0717. The Kier molecular flexibility index (Phi) is 5.87. The van der Waals surface area contributed by atoms with Crippen LogP contribution in [0, 0.1) is 0 Å². The molecule has 1 atom stereocenters. The number of carbonyl (C=O) groups is 1. The predicted octanol–water partition coefficient (Wildman–Crippen LogP) is 4.67. The number of aromatic nitrogens is 2. The van der Waals surface area contributed by atoms with Crippen LogP contribution in [0.2, 0.25) is 5.02 Å². The molecule has 0 unspecified atom stereocenters. The minimum atomic E-state index is -0.122. The Balaban J connectivity index is 1.66. The average Bonchev–Trinajstić information content (AvgIpc) is 3.53. The number of H-pyrrole nitrogens is 1. The lowest BCUT2D eigenvalue weighted by atomic mass is 9.93. The lowest BCUT2D eigenvalue weighted by Gasteiger charge is -2.23. The molecule has 0 radical (unpaired) electrons. The van der Waals surface area contributed by atoms with Crippen LogP contribution in [-0.4, -0.2) is 49.4 Å². The Morgan fingerprint density at radius 2 is 2.09 bits per heavy atom. The van der Waals surface area contributed by atoms with Crippen LogP contribution >= 0.6 is 11.6 Å². The quantitative estimate of drug-likeness (QED) is 0.431. The van der Waals surface area contributed by atoms with Crippen molar-refractivity contribution in [2.24, 2.45) is 0 Å². The van der Waals surface area contributed by atoms with E-state index in [0.29, 0.717) is 46.6 Å². The van der Waals surface area contributed by atoms with E-state index in [0.717, 1.165) is 29.8 Å². The number of pyridine rings is 1. The first kappa shape index (κ1) is 22.6. The largest absolute Gasteiger partial charge is 0.493 e. The molecule has 1 aliphatic heterocycles. The van der Waals surface area contributed by atoms with Crippen molar-refractivity contribution in [2.75, 3.05) is 32.7 Å². The molecule has 3 heterocycles. The van der Waals surface area contributed by atoms with Crippen LogP contribution in [0.15, 0.2) is 36.7 Å². The van der Waals surface area contributed by atoms with E-state index in [1.54, 1.807) is 32.7 Å². The van der Waals surface area contributed by atoms with Gasteiger partial charge in [-0.25, -0.2) is 0 Å². The molecule has 5 rings (SSSR count). The Hall–Kier alpha value is -3.23. The van der Waals surface area contributed by atoms with Gasteiger partial charge in [0.15, 0.2) is 5.75 Å². The average molecular weight is 483 g/mol. The number of hydrogen-bond acceptors (Lipinski definition) is 6. The molecular formula is C25H27ClN4O4. The molecule has 9 heteroatoms. The maximum absolute atomic E-state index is 13.1. The topological polar surface area (TPSA) is 97.5 Å². The van der Waals surface area contributed by atoms with E-state index in [1.165, 1.54) is 0 Å². The Morgan fingerprint density at radius 1 is 1.26 bits per heavy atom. The van der Waals surface area contributed by atoms with E-state index in [1.807, 2.05) is 25.1 Å². The number of nitrogens with zero attached hydrogens (tertiary/aromatic N) is 1. The van der Waals surface area contributed by atoms with Crippen molar-refractivity contribution in [2.45, 2.75) is 31.3 Å². The van der Waals surface area contributed by atoms with Crippen LogP contribution in [0.25, 0.3) is 11.3 Å². The summed E-state index contributed by atoms with van der Waals surface area (Å²) >= 11 is 6.37. The summed E-state index contributed by atoms with van der Waals surface area (Å²) in [5.41, 5.74) is 4.34. The maximum atomic E-state index is 13.1. The molecule has 3 aromatic rings. The summed E-state index contributed by atoms with van der Waals surface area (Å²) in [6.07, 6.45) is 5.34. The molecule has 178 valence electrons. The van der Waals surface area contributed by atoms with Crippen LogP contribution in [0.1, 0.15) is 35.8 Å². The number of rotatable bonds is 8. The van der Waals surface area contributed by atoms with E-state index in [-0.39, 0.29) is 17.4 Å². The maximum Gasteiger partial charge on any atom is 0.255 e. The van der Waals surface area contributed by atoms with E-state index >= 15 is 0 Å². The number of methoxy groups -OCH3 is 2. The summed E-state index contributed by atoms with van der Waals surface area (Å²) in [6.45, 7) is 2.93. The highest BCUT2D eigenvalue weighted by atomic mass is 35.5. The number of carbonyl (C=O) groups excluding carboxylic acids is 1. The molecule has 1 spiro atoms. The summed E-state index contributed by atoms with van der Waals surface area (Å²) in [5, 5.41) is 6.98. The highest BCUT2D eigenvalue weighted by molar-refractivity contribution is 6.32. The first-order chi connectivity index (χ1) is 16.5. The standard InChI is InChI=1S/C25H27ClN4O4/c1-14(32-2)12-34-18-11-27-10-7-15(18)20-21(29-17-6-4-5-16(26)22(17)33-3)19-23(30-20)25(8-9-25)13-28-24(19)31/h4-7,10-11,14,29-30H,8-9,12-13H2,1-3H3,(H,28,31)/t14-/m1/s1. The SMILES string of the molecule is COc1c(Cl)cccc1Nc1c(-c2ccncc2OC[C@@H](C)OC)[nH]c2c1C(=O)NCC21CC1. The summed E-state index contributed by atoms with van der Waals surface area (Å²) in [5.74, 6) is 0.974. The second-order valence-electron chi connectivity index (χ2n) is 8.76. The van der Waals surface area contributed by atoms with Crippen molar-refractivity contribution in [3.63, 3.8) is 0 Å². The zero-order valence-corrected chi connectivity index (χ0v) is 20.1. The van der Waals surface area contributed by atoms with Crippen molar-refractivity contribution in [1.82, 2.24) is 15.3 Å². The molecule has 1 aliphatic carbocycles. The summed E-state index contributed by atoms with van der Waals surface area (Å²) < 4.78 is 16.9. The number of hydrogen-bond donors (Lipinski definition) is 3. The predicted molar refractivity (Wildman–Crippen MR) is 131 cm³/mol. The molecule has 0 saturated heterocycles. The van der Waals surface area contributed by atoms with E-state index in [9.17, 15) is 4.79 Å². The molecule has 1 aromatic carbocycles. The fourth-order valence-corrected chi connectivity index (χ4v) is 4.63. The molecule has 1 amide bonds. The minimum Gasteiger partial charge on any atom is -0.493 e. The molecule has 3 N–H and O–H groups in total. The van der Waals surface area contributed by atoms with Gasteiger partial charge in [-0.2, -0.15) is 0 Å². The van der Waals surface area contributed by atoms with E-state index in [4.69, 9.17) is 25.8 Å². The van der Waals surface area contributed by atoms with Crippen LogP contribution in [0.4, 0.5) is 11.4 Å². The number of aromatic amines is 1. The Morgan fingerprint density at radius 3 is 2.82 bits per heavy atom. The number of fused-ring (bicyclic) bond motifs is 2. The highest BCUT2D eigenvalue weighted by Gasteiger charge is 2.51. The number of benzene rings is 1. The van der Waals surface area contributed by atoms with E-state index in [2.05, 4.69) is 20.6 Å². The van der Waals surface area contributed by atoms with Crippen LogP contribution in [-0.2, 0) is 10.2 Å². The molecule has 2 aromatic heterocycles. The fourth-order valence-electron chi connectivity index (χ4n) is 4.38. The third-order valence-electron chi connectivity index (χ3n) is 6.56. The van der Waals surface area contributed by atoms with Gasteiger partial charge in [-0.1, -0.05) is 17.7 Å². The second-order valence-corrected chi connectivity index (χ2v) is 9.17. The minimum absolute atomic E-state index is 0.0606. The van der Waals surface area contributed by atoms with Gasteiger partial charge in [0, 0.05) is 36.5 Å². The normalized spacial score (nSPS) is 16.5. The first-order valence-corrected chi connectivity index (χ1v) is 11.6. The molecule has 1 saturated carbocycles. The highest BCUT2D eigenvalue weighted by Crippen LogP contribution is 2.54. The van der Waals surface area contributed by atoms with Crippen molar-refractivity contribution < 1.29 is 19.0 Å². The third kappa shape index (κ3) is 3.86. The Bertz CT molecular complexity index is 1240. The van der Waals surface area contributed by atoms with Gasteiger partial charge in [0.1, 0.15) is 12.4 Å². The van der Waals surface area contributed by atoms with Gasteiger partial charge >= 0.3 is 0 Å². The molecule has 8 nitrogen and oxygen atoms in total. The number of nitrogens with one attached hydrogen (secondary N) is 3. The summed E-state index contributed by atoms with van der Waals surface area (Å²) in [4.78, 5) is 21.0. The monoisotopic (exact) mass is 482 g/mol. The number of amides is 1. The third-order valence-corrected chi connectivity index (χ3v) is 6.86. The molecule has 2 aliphatic rings. The first-order valence-electron chi connectivity index (χ1n) is 11.2. The summed E-state index contributed by atoms with van der Waals surface area (Å²) in [7, 11) is 3.21. The van der Waals surface area contributed by atoms with E-state index < -0.39 is 0 Å². The fraction of sp³-hybridized carbons (Fsp3) is 0.360. The van der Waals surface area contributed by atoms with Gasteiger partial charge in [0.2, 0.25) is 0 Å². The molecule has 0 bridgehead atoms. The van der Waals surface area contributed by atoms with Crippen molar-refractivity contribution >= 4 is 28.9 Å². The van der Waals surface area contributed by atoms with Gasteiger partial charge < -0.3 is 29.8 Å². The van der Waals surface area contributed by atoms with Crippen molar-refractivity contribution in [3.05, 3.63) is 52.9 Å². The van der Waals surface area contributed by atoms with Crippen LogP contribution in [0.3, 0.4) is 0 Å². The number of para-hydroxylation sites is 1. The van der Waals surface area contributed by atoms with Gasteiger partial charge in [-0.05, 0) is 38.0 Å². The zero-order chi connectivity index (χ0) is 23.9. The zero-order valence-electron chi connectivity index (χ0n) is 19.3. The Labute approximate surface area is 203 Å².